The summed E-state index contributed by atoms with van der Waals surface area (Å²) < 4.78 is 81.6. The van der Waals surface area contributed by atoms with Crippen LogP contribution in [0.1, 0.15) is 30.7 Å². The lowest BCUT2D eigenvalue weighted by Crippen LogP contribution is -2.35. The molecule has 0 saturated carbocycles. The molecular formula is C24H24BrN2O8S4-. The van der Waals surface area contributed by atoms with Crippen LogP contribution in [0, 0.1) is 0 Å². The summed E-state index contributed by atoms with van der Waals surface area (Å²) in [5.74, 6) is 0.487. The van der Waals surface area contributed by atoms with Gasteiger partial charge in [-0.15, -0.1) is 0 Å². The summed E-state index contributed by atoms with van der Waals surface area (Å²) in [4.78, 5) is 3.17. The van der Waals surface area contributed by atoms with Crippen LogP contribution >= 0.6 is 39.0 Å². The summed E-state index contributed by atoms with van der Waals surface area (Å²) in [6.45, 7) is 1.18. The van der Waals surface area contributed by atoms with E-state index in [1.54, 1.807) is 23.1 Å². The summed E-state index contributed by atoms with van der Waals surface area (Å²) in [7, 11) is -8.55. The molecule has 0 saturated heterocycles. The van der Waals surface area contributed by atoms with Gasteiger partial charge in [0.05, 0.1) is 43.1 Å². The zero-order valence-electron chi connectivity index (χ0n) is 20.5. The summed E-state index contributed by atoms with van der Waals surface area (Å²) in [6, 6.07) is 9.83. The molecule has 0 unspecified atom stereocenters. The molecular weight excluding hydrogens is 652 g/mol. The van der Waals surface area contributed by atoms with Gasteiger partial charge in [0.25, 0.3) is 5.01 Å². The highest BCUT2D eigenvalue weighted by Gasteiger charge is 2.29. The first kappa shape index (κ1) is 28.6. The number of hydrogen-bond donors (Lipinski definition) is 0. The van der Waals surface area contributed by atoms with Crippen molar-refractivity contribution in [3.8, 4) is 11.5 Å². The highest BCUT2D eigenvalue weighted by Crippen LogP contribution is 2.48. The molecule has 2 aliphatic heterocycles. The number of anilines is 1. The number of ether oxygens (including phenoxy) is 2. The van der Waals surface area contributed by atoms with Crippen molar-refractivity contribution < 1.29 is 40.0 Å². The summed E-state index contributed by atoms with van der Waals surface area (Å²) in [5.41, 5.74) is 1.90. The topological polar surface area (TPSA) is 140 Å². The van der Waals surface area contributed by atoms with Crippen LogP contribution in [0.3, 0.4) is 0 Å². The normalized spacial score (nSPS) is 16.0. The van der Waals surface area contributed by atoms with Crippen molar-refractivity contribution in [1.82, 2.24) is 0 Å². The molecule has 0 fully saturated rings. The summed E-state index contributed by atoms with van der Waals surface area (Å²) in [6.07, 6.45) is 3.59. The Bertz CT molecular complexity index is 1650. The van der Waals surface area contributed by atoms with E-state index in [-0.39, 0.29) is 19.6 Å². The van der Waals surface area contributed by atoms with Gasteiger partial charge in [-0.2, -0.15) is 4.57 Å². The molecule has 1 aromatic heterocycles. The van der Waals surface area contributed by atoms with Crippen molar-refractivity contribution in [3.05, 3.63) is 44.8 Å². The fourth-order valence-electron chi connectivity index (χ4n) is 4.45. The van der Waals surface area contributed by atoms with Gasteiger partial charge in [-0.3, -0.25) is 0 Å². The smallest absolute Gasteiger partial charge is 0.265 e. The molecule has 10 nitrogen and oxygen atoms in total. The van der Waals surface area contributed by atoms with Crippen molar-refractivity contribution in [1.29, 1.82) is 0 Å². The van der Waals surface area contributed by atoms with Gasteiger partial charge in [0.2, 0.25) is 12.3 Å². The lowest BCUT2D eigenvalue weighted by Gasteiger charge is -2.20. The molecule has 0 atom stereocenters. The van der Waals surface area contributed by atoms with Gasteiger partial charge in [-0.25, -0.2) is 16.8 Å². The number of hydrogen-bond acceptors (Lipinski definition) is 11. The standard InChI is InChI=1S/C24H25BrN2O8S4/c25-16-5-6-21-17(11-16)26(7-1-3-9-38(28,29)30)23(36-21)14-24-27(8-2-4-10-39(31,32)33)18-12-19-20(35-15-34-19)13-22(18)37-24/h5-6,11-14H,1-4,7-10,15H2,(H-,28,29,30,31,32,33)/p-1. The Morgan fingerprint density at radius 2 is 1.67 bits per heavy atom. The number of rotatable bonds is 11. The van der Waals surface area contributed by atoms with Crippen molar-refractivity contribution >= 4 is 81.2 Å². The minimum absolute atomic E-state index is 0.151. The van der Waals surface area contributed by atoms with E-state index in [2.05, 4.69) is 31.5 Å². The van der Waals surface area contributed by atoms with Crippen LogP contribution in [-0.2, 0) is 26.8 Å². The fraction of sp³-hybridized carbons (Fsp3) is 0.375. The lowest BCUT2D eigenvalue weighted by molar-refractivity contribution is -0.669. The first-order chi connectivity index (χ1) is 18.5. The number of nitrogens with zero attached hydrogens (tertiary/aromatic N) is 2. The quantitative estimate of drug-likeness (QED) is 0.165. The fourth-order valence-corrected chi connectivity index (χ4v) is 8.22. The molecule has 210 valence electrons. The Morgan fingerprint density at radius 1 is 0.974 bits per heavy atom. The molecule has 2 aromatic carbocycles. The highest BCUT2D eigenvalue weighted by atomic mass is 79.9. The number of thioether (sulfide) groups is 1. The lowest BCUT2D eigenvalue weighted by atomic mass is 10.2. The molecule has 5 rings (SSSR count). The SMILES string of the molecule is O=S(=O)([O-])CCCCN1C(=Cc2sc3cc4c(cc3[n+]2CCCCS(=O)(=O)[O-])OCO4)Sc2ccc(Br)cc21. The summed E-state index contributed by atoms with van der Waals surface area (Å²) in [5, 5.41) is 1.86. The molecule has 0 spiro atoms. The van der Waals surface area contributed by atoms with Gasteiger partial charge in [0.15, 0.2) is 18.0 Å². The van der Waals surface area contributed by atoms with Crippen LogP contribution in [0.2, 0.25) is 0 Å². The van der Waals surface area contributed by atoms with E-state index < -0.39 is 31.7 Å². The number of halogens is 1. The van der Waals surface area contributed by atoms with Crippen LogP contribution in [-0.4, -0.2) is 50.8 Å². The second kappa shape index (κ2) is 11.5. The Labute approximate surface area is 243 Å². The van der Waals surface area contributed by atoms with E-state index in [1.165, 1.54) is 0 Å². The Balaban J connectivity index is 1.48. The first-order valence-electron chi connectivity index (χ1n) is 12.1. The van der Waals surface area contributed by atoms with E-state index in [4.69, 9.17) is 9.47 Å². The van der Waals surface area contributed by atoms with Gasteiger partial charge >= 0.3 is 0 Å². The molecule has 0 bridgehead atoms. The Morgan fingerprint density at radius 3 is 2.38 bits per heavy atom. The number of benzene rings is 2. The third-order valence-corrected chi connectivity index (χ3v) is 10.5. The zero-order chi connectivity index (χ0) is 27.8. The number of unbranched alkanes of at least 4 members (excludes halogenated alkanes) is 2. The van der Waals surface area contributed by atoms with E-state index >= 15 is 0 Å². The van der Waals surface area contributed by atoms with Crippen LogP contribution < -0.4 is 18.9 Å². The van der Waals surface area contributed by atoms with Gasteiger partial charge < -0.3 is 23.5 Å². The molecule has 3 heterocycles. The van der Waals surface area contributed by atoms with E-state index in [0.717, 1.165) is 35.3 Å². The average molecular weight is 677 g/mol. The van der Waals surface area contributed by atoms with E-state index in [0.29, 0.717) is 37.4 Å². The van der Waals surface area contributed by atoms with Crippen LogP contribution in [0.15, 0.2) is 44.7 Å². The third-order valence-electron chi connectivity index (χ3n) is 6.22. The van der Waals surface area contributed by atoms with Crippen molar-refractivity contribution in [2.45, 2.75) is 37.1 Å². The largest absolute Gasteiger partial charge is 0.748 e. The third kappa shape index (κ3) is 7.07. The second-order valence-corrected chi connectivity index (χ2v) is 15.1. The molecule has 0 radical (unpaired) electrons. The number of aromatic nitrogens is 1. The molecule has 15 heteroatoms. The maximum Gasteiger partial charge on any atom is 0.265 e. The van der Waals surface area contributed by atoms with Crippen molar-refractivity contribution in [3.63, 3.8) is 0 Å². The van der Waals surface area contributed by atoms with Crippen molar-refractivity contribution in [2.24, 2.45) is 0 Å². The second-order valence-electron chi connectivity index (χ2n) is 9.05. The predicted molar refractivity (Wildman–Crippen MR) is 151 cm³/mol. The molecule has 2 aliphatic rings. The average Bonchev–Trinajstić information content (AvgIpc) is 3.52. The molecule has 0 aliphatic carbocycles. The maximum absolute atomic E-state index is 11.1. The van der Waals surface area contributed by atoms with Crippen LogP contribution in [0.25, 0.3) is 16.3 Å². The van der Waals surface area contributed by atoms with Crippen LogP contribution in [0.4, 0.5) is 5.69 Å². The Kier molecular flexibility index (Phi) is 8.48. The van der Waals surface area contributed by atoms with Crippen molar-refractivity contribution in [2.75, 3.05) is 29.7 Å². The van der Waals surface area contributed by atoms with Gasteiger partial charge in [-0.05, 0) is 37.5 Å². The monoisotopic (exact) mass is 675 g/mol. The van der Waals surface area contributed by atoms with Gasteiger partial charge in [0.1, 0.15) is 4.70 Å². The molecule has 0 N–H and O–H groups in total. The zero-order valence-corrected chi connectivity index (χ0v) is 25.4. The molecule has 0 amide bonds. The van der Waals surface area contributed by atoms with E-state index in [9.17, 15) is 25.9 Å². The number of aryl methyl sites for hydroxylation is 1. The van der Waals surface area contributed by atoms with Gasteiger partial charge in [-0.1, -0.05) is 39.0 Å². The molecule has 39 heavy (non-hydrogen) atoms. The van der Waals surface area contributed by atoms with Crippen LogP contribution in [0.5, 0.6) is 11.5 Å². The number of fused-ring (bicyclic) bond motifs is 3. The minimum Gasteiger partial charge on any atom is -0.748 e. The first-order valence-corrected chi connectivity index (χ1v) is 17.6. The number of thiazole rings is 1. The summed E-state index contributed by atoms with van der Waals surface area (Å²) >= 11 is 6.68. The predicted octanol–water partition coefficient (Wildman–Crippen LogP) is 4.24. The molecule has 3 aromatic rings. The highest BCUT2D eigenvalue weighted by molar-refractivity contribution is 9.10. The maximum atomic E-state index is 11.1. The Hall–Kier alpha value is -1.88. The minimum atomic E-state index is -4.28. The van der Waals surface area contributed by atoms with Gasteiger partial charge in [0, 0.05) is 39.9 Å². The van der Waals surface area contributed by atoms with E-state index in [1.807, 2.05) is 30.3 Å².